The maximum Gasteiger partial charge on any atom is 0.239 e. The highest BCUT2D eigenvalue weighted by Crippen LogP contribution is 2.18. The number of carbonyl (C=O) groups excluding carboxylic acids is 2. The van der Waals surface area contributed by atoms with Gasteiger partial charge in [0.2, 0.25) is 11.8 Å². The number of likely N-dealkylation sites (tertiary alicyclic amines) is 1. The fraction of sp³-hybridized carbons (Fsp3) is 0.429. The minimum absolute atomic E-state index is 0.0393. The van der Waals surface area contributed by atoms with Gasteiger partial charge in [-0.25, -0.2) is 0 Å². The van der Waals surface area contributed by atoms with E-state index in [9.17, 15) is 9.59 Å². The number of amides is 2. The standard InChI is InChI=1S/C21H27N3O2/c1-2-24-12-10-18(11-13-24)23-21(26)15-22-20(25)14-17-8-5-7-16-6-3-4-9-19(16)17/h3-9,18H,2,10-15H2,1H3,(H,22,25)(H,23,26). The van der Waals surface area contributed by atoms with Crippen LogP contribution in [0.2, 0.25) is 0 Å². The Bertz CT molecular complexity index is 761. The topological polar surface area (TPSA) is 61.4 Å². The first-order valence-corrected chi connectivity index (χ1v) is 9.40. The van der Waals surface area contributed by atoms with Crippen molar-refractivity contribution >= 4 is 22.6 Å². The van der Waals surface area contributed by atoms with Gasteiger partial charge in [0.15, 0.2) is 0 Å². The zero-order valence-corrected chi connectivity index (χ0v) is 15.3. The molecule has 0 bridgehead atoms. The molecular formula is C21H27N3O2. The molecule has 1 saturated heterocycles. The molecule has 5 nitrogen and oxygen atoms in total. The SMILES string of the molecule is CCN1CCC(NC(=O)CNC(=O)Cc2cccc3ccccc23)CC1. The second kappa shape index (κ2) is 8.81. The lowest BCUT2D eigenvalue weighted by atomic mass is 10.0. The summed E-state index contributed by atoms with van der Waals surface area (Å²) < 4.78 is 0. The van der Waals surface area contributed by atoms with Gasteiger partial charge >= 0.3 is 0 Å². The summed E-state index contributed by atoms with van der Waals surface area (Å²) in [6.07, 6.45) is 2.23. The van der Waals surface area contributed by atoms with Crippen LogP contribution in [0.25, 0.3) is 10.8 Å². The molecular weight excluding hydrogens is 326 g/mol. The molecule has 2 aromatic rings. The number of hydrogen-bond donors (Lipinski definition) is 2. The van der Waals surface area contributed by atoms with Gasteiger partial charge in [-0.3, -0.25) is 9.59 Å². The summed E-state index contributed by atoms with van der Waals surface area (Å²) in [6, 6.07) is 14.2. The molecule has 1 aliphatic rings. The Kier molecular flexibility index (Phi) is 6.23. The lowest BCUT2D eigenvalue weighted by molar-refractivity contribution is -0.126. The molecule has 5 heteroatoms. The molecule has 0 spiro atoms. The van der Waals surface area contributed by atoms with Crippen molar-refractivity contribution in [2.24, 2.45) is 0 Å². The Hall–Kier alpha value is -2.40. The maximum atomic E-state index is 12.2. The number of nitrogens with one attached hydrogen (secondary N) is 2. The molecule has 2 N–H and O–H groups in total. The van der Waals surface area contributed by atoms with Crippen molar-refractivity contribution in [3.63, 3.8) is 0 Å². The predicted octanol–water partition coefficient (Wildman–Crippen LogP) is 2.10. The number of fused-ring (bicyclic) bond motifs is 1. The van der Waals surface area contributed by atoms with Crippen LogP contribution in [0, 0.1) is 0 Å². The van der Waals surface area contributed by atoms with E-state index in [-0.39, 0.29) is 30.8 Å². The van der Waals surface area contributed by atoms with Crippen molar-refractivity contribution in [3.05, 3.63) is 48.0 Å². The number of piperidine rings is 1. The molecule has 0 saturated carbocycles. The van der Waals surface area contributed by atoms with Crippen LogP contribution >= 0.6 is 0 Å². The first-order valence-electron chi connectivity index (χ1n) is 9.40. The first-order chi connectivity index (χ1) is 12.7. The highest BCUT2D eigenvalue weighted by Gasteiger charge is 2.19. The summed E-state index contributed by atoms with van der Waals surface area (Å²) in [6.45, 7) is 5.30. The maximum absolute atomic E-state index is 12.2. The van der Waals surface area contributed by atoms with Crippen molar-refractivity contribution in [2.75, 3.05) is 26.2 Å². The van der Waals surface area contributed by atoms with Crippen molar-refractivity contribution < 1.29 is 9.59 Å². The summed E-state index contributed by atoms with van der Waals surface area (Å²) in [4.78, 5) is 26.7. The number of benzene rings is 2. The van der Waals surface area contributed by atoms with Crippen LogP contribution in [0.15, 0.2) is 42.5 Å². The van der Waals surface area contributed by atoms with E-state index in [1.165, 1.54) is 0 Å². The summed E-state index contributed by atoms with van der Waals surface area (Å²) >= 11 is 0. The fourth-order valence-electron chi connectivity index (χ4n) is 3.53. The monoisotopic (exact) mass is 353 g/mol. The zero-order chi connectivity index (χ0) is 18.4. The number of rotatable bonds is 6. The first kappa shape index (κ1) is 18.4. The van der Waals surface area contributed by atoms with E-state index >= 15 is 0 Å². The van der Waals surface area contributed by atoms with Gasteiger partial charge in [0.25, 0.3) is 0 Å². The van der Waals surface area contributed by atoms with E-state index < -0.39 is 0 Å². The van der Waals surface area contributed by atoms with Crippen LogP contribution in [0.1, 0.15) is 25.3 Å². The number of nitrogens with zero attached hydrogens (tertiary/aromatic N) is 1. The summed E-state index contributed by atoms with van der Waals surface area (Å²) in [5, 5.41) is 7.98. The van der Waals surface area contributed by atoms with Crippen LogP contribution in [-0.4, -0.2) is 48.9 Å². The van der Waals surface area contributed by atoms with Gasteiger partial charge < -0.3 is 15.5 Å². The van der Waals surface area contributed by atoms with Gasteiger partial charge in [-0.05, 0) is 35.7 Å². The number of carbonyl (C=O) groups is 2. The van der Waals surface area contributed by atoms with E-state index in [0.29, 0.717) is 0 Å². The molecule has 0 unspecified atom stereocenters. The summed E-state index contributed by atoms with van der Waals surface area (Å²) in [7, 11) is 0. The molecule has 1 fully saturated rings. The van der Waals surface area contributed by atoms with Crippen LogP contribution < -0.4 is 10.6 Å². The summed E-state index contributed by atoms with van der Waals surface area (Å²) in [5.74, 6) is -0.233. The van der Waals surface area contributed by atoms with E-state index in [4.69, 9.17) is 0 Å². The molecule has 138 valence electrons. The largest absolute Gasteiger partial charge is 0.352 e. The summed E-state index contributed by atoms with van der Waals surface area (Å²) in [5.41, 5.74) is 0.980. The van der Waals surface area contributed by atoms with Crippen molar-refractivity contribution in [1.29, 1.82) is 0 Å². The molecule has 3 rings (SSSR count). The second-order valence-corrected chi connectivity index (χ2v) is 6.87. The smallest absolute Gasteiger partial charge is 0.239 e. The van der Waals surface area contributed by atoms with Gasteiger partial charge in [-0.2, -0.15) is 0 Å². The highest BCUT2D eigenvalue weighted by atomic mass is 16.2. The highest BCUT2D eigenvalue weighted by molar-refractivity contribution is 5.91. The van der Waals surface area contributed by atoms with Gasteiger partial charge in [-0.15, -0.1) is 0 Å². The fourth-order valence-corrected chi connectivity index (χ4v) is 3.53. The molecule has 0 radical (unpaired) electrons. The predicted molar refractivity (Wildman–Crippen MR) is 104 cm³/mol. The Morgan fingerprint density at radius 3 is 2.54 bits per heavy atom. The Balaban J connectivity index is 1.46. The van der Waals surface area contributed by atoms with E-state index in [1.54, 1.807) is 0 Å². The zero-order valence-electron chi connectivity index (χ0n) is 15.3. The Labute approximate surface area is 154 Å². The average Bonchev–Trinajstić information content (AvgIpc) is 2.67. The van der Waals surface area contributed by atoms with Crippen molar-refractivity contribution in [2.45, 2.75) is 32.2 Å². The van der Waals surface area contributed by atoms with E-state index in [1.807, 2.05) is 42.5 Å². The average molecular weight is 353 g/mol. The molecule has 26 heavy (non-hydrogen) atoms. The van der Waals surface area contributed by atoms with E-state index in [2.05, 4.69) is 22.5 Å². The minimum Gasteiger partial charge on any atom is -0.352 e. The number of hydrogen-bond acceptors (Lipinski definition) is 3. The molecule has 1 heterocycles. The minimum atomic E-state index is -0.127. The third kappa shape index (κ3) is 4.82. The molecule has 0 aliphatic carbocycles. The quantitative estimate of drug-likeness (QED) is 0.836. The van der Waals surface area contributed by atoms with Gasteiger partial charge in [-0.1, -0.05) is 49.4 Å². The Morgan fingerprint density at radius 1 is 1.04 bits per heavy atom. The second-order valence-electron chi connectivity index (χ2n) is 6.87. The molecule has 2 amide bonds. The van der Waals surface area contributed by atoms with Crippen LogP contribution in [0.5, 0.6) is 0 Å². The molecule has 0 aromatic heterocycles. The van der Waals surface area contributed by atoms with Crippen LogP contribution in [-0.2, 0) is 16.0 Å². The lowest BCUT2D eigenvalue weighted by Crippen LogP contribution is -2.47. The molecule has 2 aromatic carbocycles. The van der Waals surface area contributed by atoms with Crippen LogP contribution in [0.3, 0.4) is 0 Å². The van der Waals surface area contributed by atoms with Crippen molar-refractivity contribution in [3.8, 4) is 0 Å². The van der Waals surface area contributed by atoms with Crippen molar-refractivity contribution in [1.82, 2.24) is 15.5 Å². The van der Waals surface area contributed by atoms with Gasteiger partial charge in [0.05, 0.1) is 13.0 Å². The lowest BCUT2D eigenvalue weighted by Gasteiger charge is -2.31. The van der Waals surface area contributed by atoms with Gasteiger partial charge in [0, 0.05) is 19.1 Å². The third-order valence-electron chi connectivity index (χ3n) is 5.08. The van der Waals surface area contributed by atoms with Gasteiger partial charge in [0.1, 0.15) is 0 Å². The van der Waals surface area contributed by atoms with Crippen LogP contribution in [0.4, 0.5) is 0 Å². The van der Waals surface area contributed by atoms with E-state index in [0.717, 1.165) is 48.8 Å². The normalized spacial score (nSPS) is 15.7. The Morgan fingerprint density at radius 2 is 1.77 bits per heavy atom. The molecule has 1 aliphatic heterocycles. The third-order valence-corrected chi connectivity index (χ3v) is 5.08. The molecule has 0 atom stereocenters.